The van der Waals surface area contributed by atoms with Gasteiger partial charge in [0.05, 0.1) is 28.6 Å². The molecule has 0 unspecified atom stereocenters. The van der Waals surface area contributed by atoms with E-state index in [-0.39, 0.29) is 5.69 Å². The molecule has 3 rings (SSSR count). The zero-order chi connectivity index (χ0) is 15.7. The summed E-state index contributed by atoms with van der Waals surface area (Å²) in [6, 6.07) is 11.2. The topological polar surface area (TPSA) is 87.3 Å². The minimum Gasteiger partial charge on any atom is -0.465 e. The van der Waals surface area contributed by atoms with Crippen LogP contribution in [-0.2, 0) is 4.74 Å². The molecule has 0 aliphatic heterocycles. The standard InChI is InChI=1S/C15H11N3O4/c1-22-15(19)10-2-7-14-13(8-10)16-9-17(14)11-3-5-12(6-4-11)18(20)21/h2-9H,1H3. The summed E-state index contributed by atoms with van der Waals surface area (Å²) >= 11 is 0. The van der Waals surface area contributed by atoms with E-state index in [1.165, 1.54) is 19.2 Å². The molecule has 2 aromatic carbocycles. The van der Waals surface area contributed by atoms with E-state index in [1.807, 2.05) is 0 Å². The van der Waals surface area contributed by atoms with Gasteiger partial charge in [0.2, 0.25) is 0 Å². The predicted molar refractivity (Wildman–Crippen MR) is 79.1 cm³/mol. The second kappa shape index (κ2) is 5.28. The number of hydrogen-bond donors (Lipinski definition) is 0. The SMILES string of the molecule is COC(=O)c1ccc2c(c1)ncn2-c1ccc([N+](=O)[O-])cc1. The highest BCUT2D eigenvalue weighted by atomic mass is 16.6. The molecule has 0 spiro atoms. The lowest BCUT2D eigenvalue weighted by Crippen LogP contribution is -2.00. The first-order valence-electron chi connectivity index (χ1n) is 6.40. The molecule has 0 fully saturated rings. The maximum atomic E-state index is 11.5. The molecule has 110 valence electrons. The molecule has 22 heavy (non-hydrogen) atoms. The molecule has 0 radical (unpaired) electrons. The third kappa shape index (κ3) is 2.28. The van der Waals surface area contributed by atoms with Crippen LogP contribution >= 0.6 is 0 Å². The quantitative estimate of drug-likeness (QED) is 0.421. The van der Waals surface area contributed by atoms with Crippen LogP contribution in [0.25, 0.3) is 16.7 Å². The first kappa shape index (κ1) is 13.7. The number of benzene rings is 2. The summed E-state index contributed by atoms with van der Waals surface area (Å²) in [5, 5.41) is 10.7. The Kier molecular flexibility index (Phi) is 3.30. The van der Waals surface area contributed by atoms with E-state index in [0.29, 0.717) is 11.1 Å². The number of nitro groups is 1. The van der Waals surface area contributed by atoms with Gasteiger partial charge in [-0.1, -0.05) is 0 Å². The van der Waals surface area contributed by atoms with E-state index in [0.717, 1.165) is 11.2 Å². The number of hydrogen-bond acceptors (Lipinski definition) is 5. The van der Waals surface area contributed by atoms with Crippen LogP contribution < -0.4 is 0 Å². The molecule has 0 bridgehead atoms. The molecule has 0 saturated carbocycles. The van der Waals surface area contributed by atoms with Crippen molar-refractivity contribution in [3.8, 4) is 5.69 Å². The number of carbonyl (C=O) groups excluding carboxylic acids is 1. The van der Waals surface area contributed by atoms with Crippen molar-refractivity contribution in [2.24, 2.45) is 0 Å². The first-order valence-corrected chi connectivity index (χ1v) is 6.40. The fourth-order valence-corrected chi connectivity index (χ4v) is 2.20. The molecule has 1 aromatic heterocycles. The zero-order valence-electron chi connectivity index (χ0n) is 11.6. The smallest absolute Gasteiger partial charge is 0.337 e. The van der Waals surface area contributed by atoms with Crippen molar-refractivity contribution in [2.45, 2.75) is 0 Å². The number of esters is 1. The highest BCUT2D eigenvalue weighted by molar-refractivity contribution is 5.93. The fraction of sp³-hybridized carbons (Fsp3) is 0.0667. The van der Waals surface area contributed by atoms with Crippen LogP contribution in [-0.4, -0.2) is 27.6 Å². The number of carbonyl (C=O) groups is 1. The van der Waals surface area contributed by atoms with Crippen LogP contribution in [0.4, 0.5) is 5.69 Å². The van der Waals surface area contributed by atoms with Crippen molar-refractivity contribution in [3.63, 3.8) is 0 Å². The van der Waals surface area contributed by atoms with Crippen molar-refractivity contribution in [3.05, 3.63) is 64.5 Å². The monoisotopic (exact) mass is 297 g/mol. The molecular weight excluding hydrogens is 286 g/mol. The molecule has 7 heteroatoms. The van der Waals surface area contributed by atoms with Crippen molar-refractivity contribution in [1.29, 1.82) is 0 Å². The number of nitrogens with zero attached hydrogens (tertiary/aromatic N) is 3. The normalized spacial score (nSPS) is 10.6. The van der Waals surface area contributed by atoms with E-state index < -0.39 is 10.9 Å². The van der Waals surface area contributed by atoms with Gasteiger partial charge in [0.1, 0.15) is 6.33 Å². The van der Waals surface area contributed by atoms with Gasteiger partial charge >= 0.3 is 5.97 Å². The Balaban J connectivity index is 2.04. The number of imidazole rings is 1. The van der Waals surface area contributed by atoms with E-state index in [2.05, 4.69) is 9.72 Å². The second-order valence-electron chi connectivity index (χ2n) is 4.58. The maximum absolute atomic E-state index is 11.5. The third-order valence-electron chi connectivity index (χ3n) is 3.31. The summed E-state index contributed by atoms with van der Waals surface area (Å²) in [6.07, 6.45) is 1.60. The zero-order valence-corrected chi connectivity index (χ0v) is 11.6. The molecule has 3 aromatic rings. The highest BCUT2D eigenvalue weighted by Gasteiger charge is 2.11. The molecule has 0 aliphatic carbocycles. The van der Waals surface area contributed by atoms with Gasteiger partial charge < -0.3 is 4.74 Å². The van der Waals surface area contributed by atoms with Crippen molar-refractivity contribution < 1.29 is 14.5 Å². The number of nitro benzene ring substituents is 1. The maximum Gasteiger partial charge on any atom is 0.337 e. The lowest BCUT2D eigenvalue weighted by atomic mass is 10.2. The number of fused-ring (bicyclic) bond motifs is 1. The van der Waals surface area contributed by atoms with Crippen LogP contribution in [0.1, 0.15) is 10.4 Å². The van der Waals surface area contributed by atoms with Gasteiger partial charge in [0.15, 0.2) is 0 Å². The van der Waals surface area contributed by atoms with Gasteiger partial charge in [-0.25, -0.2) is 9.78 Å². The first-order chi connectivity index (χ1) is 10.6. The number of ether oxygens (including phenoxy) is 1. The largest absolute Gasteiger partial charge is 0.465 e. The molecule has 0 saturated heterocycles. The second-order valence-corrected chi connectivity index (χ2v) is 4.58. The van der Waals surface area contributed by atoms with Crippen LogP contribution in [0.2, 0.25) is 0 Å². The van der Waals surface area contributed by atoms with E-state index >= 15 is 0 Å². The van der Waals surface area contributed by atoms with Gasteiger partial charge in [-0.15, -0.1) is 0 Å². The Morgan fingerprint density at radius 3 is 2.59 bits per heavy atom. The number of aromatic nitrogens is 2. The molecule has 1 heterocycles. The number of non-ortho nitro benzene ring substituents is 1. The molecular formula is C15H11N3O4. The number of methoxy groups -OCH3 is 1. The fourth-order valence-electron chi connectivity index (χ4n) is 2.20. The molecule has 0 atom stereocenters. The highest BCUT2D eigenvalue weighted by Crippen LogP contribution is 2.21. The van der Waals surface area contributed by atoms with Crippen molar-refractivity contribution in [1.82, 2.24) is 9.55 Å². The van der Waals surface area contributed by atoms with Crippen LogP contribution in [0, 0.1) is 10.1 Å². The Bertz CT molecular complexity index is 868. The summed E-state index contributed by atoms with van der Waals surface area (Å²) in [7, 11) is 1.32. The minimum absolute atomic E-state index is 0.0288. The predicted octanol–water partition coefficient (Wildman–Crippen LogP) is 2.72. The Morgan fingerprint density at radius 1 is 1.23 bits per heavy atom. The van der Waals surface area contributed by atoms with Gasteiger partial charge in [-0.3, -0.25) is 14.7 Å². The molecule has 0 amide bonds. The van der Waals surface area contributed by atoms with Crippen LogP contribution in [0.15, 0.2) is 48.8 Å². The molecule has 7 nitrogen and oxygen atoms in total. The van der Waals surface area contributed by atoms with Crippen molar-refractivity contribution in [2.75, 3.05) is 7.11 Å². The third-order valence-corrected chi connectivity index (χ3v) is 3.31. The lowest BCUT2D eigenvalue weighted by molar-refractivity contribution is -0.384. The molecule has 0 aliphatic rings. The minimum atomic E-state index is -0.446. The summed E-state index contributed by atoms with van der Waals surface area (Å²) < 4.78 is 6.47. The Labute approximate surface area is 124 Å². The average Bonchev–Trinajstić information content (AvgIpc) is 2.97. The van der Waals surface area contributed by atoms with E-state index in [4.69, 9.17) is 0 Å². The molecule has 0 N–H and O–H groups in total. The van der Waals surface area contributed by atoms with Crippen molar-refractivity contribution >= 4 is 22.7 Å². The van der Waals surface area contributed by atoms with Gasteiger partial charge in [-0.2, -0.15) is 0 Å². The summed E-state index contributed by atoms with van der Waals surface area (Å²) in [5.41, 5.74) is 2.63. The summed E-state index contributed by atoms with van der Waals surface area (Å²) in [5.74, 6) is -0.424. The summed E-state index contributed by atoms with van der Waals surface area (Å²) in [6.45, 7) is 0. The van der Waals surface area contributed by atoms with Gasteiger partial charge in [-0.05, 0) is 30.3 Å². The lowest BCUT2D eigenvalue weighted by Gasteiger charge is -2.04. The summed E-state index contributed by atoms with van der Waals surface area (Å²) in [4.78, 5) is 26.0. The van der Waals surface area contributed by atoms with Crippen LogP contribution in [0.5, 0.6) is 0 Å². The van der Waals surface area contributed by atoms with E-state index in [9.17, 15) is 14.9 Å². The number of rotatable bonds is 3. The van der Waals surface area contributed by atoms with Gasteiger partial charge in [0.25, 0.3) is 5.69 Å². The average molecular weight is 297 g/mol. The Morgan fingerprint density at radius 2 is 1.95 bits per heavy atom. The van der Waals surface area contributed by atoms with E-state index in [1.54, 1.807) is 41.2 Å². The Hall–Kier alpha value is -3.22. The van der Waals surface area contributed by atoms with Gasteiger partial charge in [0, 0.05) is 17.8 Å². The van der Waals surface area contributed by atoms with Crippen LogP contribution in [0.3, 0.4) is 0 Å².